The lowest BCUT2D eigenvalue weighted by Gasteiger charge is -1.98. The van der Waals surface area contributed by atoms with Crippen LogP contribution < -0.4 is 5.73 Å². The second kappa shape index (κ2) is 6.48. The SMILES string of the molecule is CCCOC(=O)C=Cc1ccc(C(N)=O)cc1. The first-order chi connectivity index (χ1) is 8.13. The Morgan fingerprint density at radius 1 is 1.29 bits per heavy atom. The van der Waals surface area contributed by atoms with Gasteiger partial charge >= 0.3 is 5.97 Å². The minimum atomic E-state index is -0.470. The van der Waals surface area contributed by atoms with Crippen LogP contribution in [0.15, 0.2) is 30.3 Å². The molecule has 1 aromatic carbocycles. The maximum atomic E-state index is 11.2. The van der Waals surface area contributed by atoms with Gasteiger partial charge in [0.15, 0.2) is 0 Å². The van der Waals surface area contributed by atoms with Crippen LogP contribution in [-0.2, 0) is 9.53 Å². The van der Waals surface area contributed by atoms with E-state index in [0.29, 0.717) is 12.2 Å². The van der Waals surface area contributed by atoms with Gasteiger partial charge in [-0.15, -0.1) is 0 Å². The fourth-order valence-electron chi connectivity index (χ4n) is 1.17. The fraction of sp³-hybridized carbons (Fsp3) is 0.231. The van der Waals surface area contributed by atoms with Crippen molar-refractivity contribution in [3.63, 3.8) is 0 Å². The predicted octanol–water partition coefficient (Wildman–Crippen LogP) is 1.75. The second-order valence-corrected chi connectivity index (χ2v) is 3.49. The van der Waals surface area contributed by atoms with Gasteiger partial charge in [0.2, 0.25) is 5.91 Å². The van der Waals surface area contributed by atoms with Gasteiger partial charge in [0.25, 0.3) is 0 Å². The molecule has 0 fully saturated rings. The van der Waals surface area contributed by atoms with Crippen LogP contribution in [0.4, 0.5) is 0 Å². The highest BCUT2D eigenvalue weighted by Crippen LogP contribution is 2.05. The van der Waals surface area contributed by atoms with Gasteiger partial charge in [-0.25, -0.2) is 4.79 Å². The van der Waals surface area contributed by atoms with Crippen molar-refractivity contribution in [1.82, 2.24) is 0 Å². The Balaban J connectivity index is 2.59. The fourth-order valence-corrected chi connectivity index (χ4v) is 1.17. The van der Waals surface area contributed by atoms with Crippen molar-refractivity contribution in [2.24, 2.45) is 5.73 Å². The van der Waals surface area contributed by atoms with Gasteiger partial charge in [-0.1, -0.05) is 19.1 Å². The molecule has 0 spiro atoms. The largest absolute Gasteiger partial charge is 0.463 e. The first kappa shape index (κ1) is 13.0. The van der Waals surface area contributed by atoms with Gasteiger partial charge in [-0.3, -0.25) is 4.79 Å². The number of amides is 1. The smallest absolute Gasteiger partial charge is 0.330 e. The molecular weight excluding hydrogens is 218 g/mol. The third-order valence-electron chi connectivity index (χ3n) is 2.06. The molecule has 0 radical (unpaired) electrons. The topological polar surface area (TPSA) is 69.4 Å². The summed E-state index contributed by atoms with van der Waals surface area (Å²) in [6.45, 7) is 2.35. The van der Waals surface area contributed by atoms with Gasteiger partial charge in [0.05, 0.1) is 6.61 Å². The number of hydrogen-bond donors (Lipinski definition) is 1. The van der Waals surface area contributed by atoms with E-state index in [-0.39, 0.29) is 5.97 Å². The average molecular weight is 233 g/mol. The average Bonchev–Trinajstić information content (AvgIpc) is 2.34. The maximum Gasteiger partial charge on any atom is 0.330 e. The molecule has 1 aromatic rings. The molecule has 1 amide bonds. The van der Waals surface area contributed by atoms with E-state index in [1.807, 2.05) is 6.92 Å². The van der Waals surface area contributed by atoms with Gasteiger partial charge < -0.3 is 10.5 Å². The molecular formula is C13H15NO3. The third-order valence-corrected chi connectivity index (χ3v) is 2.06. The monoisotopic (exact) mass is 233 g/mol. The number of benzene rings is 1. The zero-order chi connectivity index (χ0) is 12.7. The molecule has 17 heavy (non-hydrogen) atoms. The van der Waals surface area contributed by atoms with Gasteiger partial charge in [-0.2, -0.15) is 0 Å². The van der Waals surface area contributed by atoms with Crippen molar-refractivity contribution in [2.75, 3.05) is 6.61 Å². The molecule has 0 aromatic heterocycles. The van der Waals surface area contributed by atoms with E-state index in [4.69, 9.17) is 10.5 Å². The second-order valence-electron chi connectivity index (χ2n) is 3.49. The van der Waals surface area contributed by atoms with Crippen LogP contribution in [-0.4, -0.2) is 18.5 Å². The molecule has 0 atom stereocenters. The molecule has 2 N–H and O–H groups in total. The van der Waals surface area contributed by atoms with Gasteiger partial charge in [0, 0.05) is 11.6 Å². The van der Waals surface area contributed by atoms with Crippen molar-refractivity contribution in [3.05, 3.63) is 41.5 Å². The molecule has 0 aliphatic carbocycles. The molecule has 4 heteroatoms. The predicted molar refractivity (Wildman–Crippen MR) is 65.2 cm³/mol. The number of ether oxygens (including phenoxy) is 1. The highest BCUT2D eigenvalue weighted by molar-refractivity contribution is 5.93. The number of hydrogen-bond acceptors (Lipinski definition) is 3. The highest BCUT2D eigenvalue weighted by atomic mass is 16.5. The summed E-state index contributed by atoms with van der Waals surface area (Å²) >= 11 is 0. The van der Waals surface area contributed by atoms with Crippen molar-refractivity contribution in [1.29, 1.82) is 0 Å². The Kier molecular flexibility index (Phi) is 4.94. The molecule has 1 rings (SSSR count). The molecule has 0 unspecified atom stereocenters. The van der Waals surface area contributed by atoms with Crippen molar-refractivity contribution >= 4 is 18.0 Å². The third kappa shape index (κ3) is 4.51. The Morgan fingerprint density at radius 3 is 2.47 bits per heavy atom. The van der Waals surface area contributed by atoms with Crippen molar-refractivity contribution in [2.45, 2.75) is 13.3 Å². The van der Waals surface area contributed by atoms with Crippen LogP contribution in [0.1, 0.15) is 29.3 Å². The zero-order valence-corrected chi connectivity index (χ0v) is 9.68. The summed E-state index contributed by atoms with van der Waals surface area (Å²) in [5, 5.41) is 0. The minimum absolute atomic E-state index is 0.370. The Morgan fingerprint density at radius 2 is 1.94 bits per heavy atom. The van der Waals surface area contributed by atoms with Gasteiger partial charge in [-0.05, 0) is 30.2 Å². The molecule has 0 aliphatic rings. The summed E-state index contributed by atoms with van der Waals surface area (Å²) in [5.74, 6) is -0.839. The molecule has 0 heterocycles. The lowest BCUT2D eigenvalue weighted by atomic mass is 10.1. The van der Waals surface area contributed by atoms with Gasteiger partial charge in [0.1, 0.15) is 0 Å². The van der Waals surface area contributed by atoms with E-state index < -0.39 is 5.91 Å². The first-order valence-corrected chi connectivity index (χ1v) is 5.38. The van der Waals surface area contributed by atoms with Crippen molar-refractivity contribution < 1.29 is 14.3 Å². The molecule has 0 bridgehead atoms. The Hall–Kier alpha value is -2.10. The van der Waals surface area contributed by atoms with E-state index in [1.165, 1.54) is 6.08 Å². The van der Waals surface area contributed by atoms with E-state index in [1.54, 1.807) is 30.3 Å². The molecule has 90 valence electrons. The van der Waals surface area contributed by atoms with E-state index >= 15 is 0 Å². The number of carbonyl (C=O) groups excluding carboxylic acids is 2. The summed E-state index contributed by atoms with van der Waals surface area (Å²) in [5.41, 5.74) is 6.36. The van der Waals surface area contributed by atoms with Crippen LogP contribution in [0.3, 0.4) is 0 Å². The van der Waals surface area contributed by atoms with E-state index in [0.717, 1.165) is 12.0 Å². The first-order valence-electron chi connectivity index (χ1n) is 5.38. The van der Waals surface area contributed by atoms with E-state index in [9.17, 15) is 9.59 Å². The number of esters is 1. The van der Waals surface area contributed by atoms with Crippen LogP contribution in [0, 0.1) is 0 Å². The van der Waals surface area contributed by atoms with Crippen LogP contribution in [0.25, 0.3) is 6.08 Å². The summed E-state index contributed by atoms with van der Waals surface area (Å²) in [6, 6.07) is 6.64. The number of primary amides is 1. The molecule has 4 nitrogen and oxygen atoms in total. The molecule has 0 aliphatic heterocycles. The van der Waals surface area contributed by atoms with Crippen molar-refractivity contribution in [3.8, 4) is 0 Å². The van der Waals surface area contributed by atoms with E-state index in [2.05, 4.69) is 0 Å². The molecule has 0 saturated heterocycles. The normalized spacial score (nSPS) is 10.4. The summed E-state index contributed by atoms with van der Waals surface area (Å²) in [4.78, 5) is 22.0. The Labute approximate surface area is 100 Å². The zero-order valence-electron chi connectivity index (χ0n) is 9.68. The maximum absolute atomic E-state index is 11.2. The summed E-state index contributed by atoms with van der Waals surface area (Å²) in [7, 11) is 0. The number of nitrogens with two attached hydrogens (primary N) is 1. The standard InChI is InChI=1S/C13H15NO3/c1-2-9-17-12(15)8-5-10-3-6-11(7-4-10)13(14)16/h3-8H,2,9H2,1H3,(H2,14,16). The molecule has 0 saturated carbocycles. The van der Waals surface area contributed by atoms with Crippen LogP contribution in [0.2, 0.25) is 0 Å². The summed E-state index contributed by atoms with van der Waals surface area (Å²) < 4.78 is 4.88. The van der Waals surface area contributed by atoms with Crippen LogP contribution >= 0.6 is 0 Å². The lowest BCUT2D eigenvalue weighted by molar-refractivity contribution is -0.137. The number of rotatable bonds is 5. The quantitative estimate of drug-likeness (QED) is 0.622. The highest BCUT2D eigenvalue weighted by Gasteiger charge is 1.99. The van der Waals surface area contributed by atoms with Crippen LogP contribution in [0.5, 0.6) is 0 Å². The minimum Gasteiger partial charge on any atom is -0.463 e. The summed E-state index contributed by atoms with van der Waals surface area (Å²) in [6.07, 6.45) is 3.78. The lowest BCUT2D eigenvalue weighted by Crippen LogP contribution is -2.10. The number of carbonyl (C=O) groups is 2. The Bertz CT molecular complexity index is 421.